The molecule has 1 N–H and O–H groups in total. The number of benzene rings is 1. The Bertz CT molecular complexity index is 444. The summed E-state index contributed by atoms with van der Waals surface area (Å²) in [5.74, 6) is -1.34. The van der Waals surface area contributed by atoms with Crippen molar-refractivity contribution in [1.29, 1.82) is 5.26 Å². The van der Waals surface area contributed by atoms with Crippen LogP contribution >= 0.6 is 0 Å². The standard InChI is InChI=1S/C12H13F2N3/c1-16-9-2-3-17(7-9)12-10(13)4-8(6-15)5-11(12)14/h4-5,9,16H,2-3,7H2,1H3. The molecule has 1 heterocycles. The van der Waals surface area contributed by atoms with Crippen molar-refractivity contribution in [1.82, 2.24) is 5.32 Å². The fourth-order valence-electron chi connectivity index (χ4n) is 2.13. The maximum Gasteiger partial charge on any atom is 0.150 e. The smallest absolute Gasteiger partial charge is 0.150 e. The van der Waals surface area contributed by atoms with E-state index >= 15 is 0 Å². The maximum atomic E-state index is 13.7. The highest BCUT2D eigenvalue weighted by Gasteiger charge is 2.26. The van der Waals surface area contributed by atoms with Gasteiger partial charge in [-0.2, -0.15) is 5.26 Å². The zero-order chi connectivity index (χ0) is 12.4. The summed E-state index contributed by atoms with van der Waals surface area (Å²) in [5, 5.41) is 11.7. The Hall–Kier alpha value is -1.67. The van der Waals surface area contributed by atoms with Gasteiger partial charge in [-0.1, -0.05) is 0 Å². The summed E-state index contributed by atoms with van der Waals surface area (Å²) in [4.78, 5) is 1.67. The van der Waals surface area contributed by atoms with Gasteiger partial charge in [0.05, 0.1) is 11.6 Å². The first-order chi connectivity index (χ1) is 8.15. The third kappa shape index (κ3) is 2.22. The van der Waals surface area contributed by atoms with Gasteiger partial charge in [-0.25, -0.2) is 8.78 Å². The molecule has 1 atom stereocenters. The van der Waals surface area contributed by atoms with Gasteiger partial charge in [0.15, 0.2) is 11.6 Å². The Kier molecular flexibility index (Phi) is 3.25. The number of halogens is 2. The van der Waals surface area contributed by atoms with Gasteiger partial charge in [0.1, 0.15) is 5.69 Å². The highest BCUT2D eigenvalue weighted by molar-refractivity contribution is 5.53. The first-order valence-electron chi connectivity index (χ1n) is 5.47. The molecule has 1 aliphatic heterocycles. The maximum absolute atomic E-state index is 13.7. The molecule has 1 aromatic carbocycles. The SMILES string of the molecule is CNC1CCN(c2c(F)cc(C#N)cc2F)C1. The van der Waals surface area contributed by atoms with Crippen LogP contribution in [0.1, 0.15) is 12.0 Å². The van der Waals surface area contributed by atoms with E-state index in [9.17, 15) is 8.78 Å². The summed E-state index contributed by atoms with van der Waals surface area (Å²) in [5.41, 5.74) is -0.0186. The molecule has 0 saturated carbocycles. The quantitative estimate of drug-likeness (QED) is 0.849. The number of rotatable bonds is 2. The summed E-state index contributed by atoms with van der Waals surface area (Å²) < 4.78 is 27.5. The van der Waals surface area contributed by atoms with Crippen LogP contribution in [0.4, 0.5) is 14.5 Å². The molecule has 2 rings (SSSR count). The van der Waals surface area contributed by atoms with Crippen molar-refractivity contribution in [2.45, 2.75) is 12.5 Å². The fourth-order valence-corrected chi connectivity index (χ4v) is 2.13. The number of anilines is 1. The topological polar surface area (TPSA) is 39.1 Å². The van der Waals surface area contributed by atoms with Crippen molar-refractivity contribution in [3.63, 3.8) is 0 Å². The lowest BCUT2D eigenvalue weighted by Gasteiger charge is -2.20. The molecule has 0 radical (unpaired) electrons. The molecule has 0 spiro atoms. The molecule has 3 nitrogen and oxygen atoms in total. The zero-order valence-electron chi connectivity index (χ0n) is 9.50. The van der Waals surface area contributed by atoms with Crippen molar-refractivity contribution < 1.29 is 8.78 Å². The van der Waals surface area contributed by atoms with Crippen LogP contribution in [0.2, 0.25) is 0 Å². The van der Waals surface area contributed by atoms with Crippen LogP contribution in [0.5, 0.6) is 0 Å². The largest absolute Gasteiger partial charge is 0.365 e. The molecule has 1 aliphatic rings. The lowest BCUT2D eigenvalue weighted by Crippen LogP contribution is -2.30. The van der Waals surface area contributed by atoms with E-state index < -0.39 is 11.6 Å². The van der Waals surface area contributed by atoms with Gasteiger partial charge in [0.2, 0.25) is 0 Å². The zero-order valence-corrected chi connectivity index (χ0v) is 9.50. The van der Waals surface area contributed by atoms with Crippen LogP contribution in [0, 0.1) is 23.0 Å². The Morgan fingerprint density at radius 3 is 2.53 bits per heavy atom. The van der Waals surface area contributed by atoms with E-state index in [1.165, 1.54) is 0 Å². The molecular formula is C12H13F2N3. The second-order valence-electron chi connectivity index (χ2n) is 4.12. The van der Waals surface area contributed by atoms with Crippen molar-refractivity contribution >= 4 is 5.69 Å². The van der Waals surface area contributed by atoms with Crippen LogP contribution in [-0.4, -0.2) is 26.2 Å². The van der Waals surface area contributed by atoms with Gasteiger partial charge in [-0.15, -0.1) is 0 Å². The lowest BCUT2D eigenvalue weighted by atomic mass is 10.2. The van der Waals surface area contributed by atoms with E-state index in [1.54, 1.807) is 11.0 Å². The van der Waals surface area contributed by atoms with Crippen LogP contribution in [0.3, 0.4) is 0 Å². The second kappa shape index (κ2) is 4.68. The molecule has 5 heteroatoms. The molecule has 1 unspecified atom stereocenters. The van der Waals surface area contributed by atoms with Crippen molar-refractivity contribution in [2.75, 3.05) is 25.0 Å². The molecule has 0 bridgehead atoms. The second-order valence-corrected chi connectivity index (χ2v) is 4.12. The third-order valence-corrected chi connectivity index (χ3v) is 3.06. The molecule has 1 aromatic rings. The fraction of sp³-hybridized carbons (Fsp3) is 0.417. The van der Waals surface area contributed by atoms with Crippen LogP contribution < -0.4 is 10.2 Å². The number of nitrogens with zero attached hydrogens (tertiary/aromatic N) is 2. The minimum atomic E-state index is -0.668. The molecule has 0 aliphatic carbocycles. The van der Waals surface area contributed by atoms with E-state index in [2.05, 4.69) is 5.32 Å². The number of nitrogens with one attached hydrogen (secondary N) is 1. The summed E-state index contributed by atoms with van der Waals surface area (Å²) in [6.45, 7) is 1.20. The Balaban J connectivity index is 2.31. The Morgan fingerprint density at radius 1 is 1.41 bits per heavy atom. The van der Waals surface area contributed by atoms with Crippen molar-refractivity contribution in [2.24, 2.45) is 0 Å². The number of hydrogen-bond donors (Lipinski definition) is 1. The lowest BCUT2D eigenvalue weighted by molar-refractivity contribution is 0.573. The van der Waals surface area contributed by atoms with Crippen LogP contribution in [0.25, 0.3) is 0 Å². The molecule has 90 valence electrons. The van der Waals surface area contributed by atoms with E-state index in [-0.39, 0.29) is 17.3 Å². The number of hydrogen-bond acceptors (Lipinski definition) is 3. The van der Waals surface area contributed by atoms with Gasteiger partial charge in [0.25, 0.3) is 0 Å². The third-order valence-electron chi connectivity index (χ3n) is 3.06. The van der Waals surface area contributed by atoms with Gasteiger partial charge >= 0.3 is 0 Å². The highest BCUT2D eigenvalue weighted by atomic mass is 19.1. The van der Waals surface area contributed by atoms with Crippen LogP contribution in [-0.2, 0) is 0 Å². The van der Waals surface area contributed by atoms with Gasteiger partial charge in [-0.3, -0.25) is 0 Å². The van der Waals surface area contributed by atoms with E-state index in [0.717, 1.165) is 18.6 Å². The van der Waals surface area contributed by atoms with E-state index in [1.807, 2.05) is 7.05 Å². The predicted octanol–water partition coefficient (Wildman–Crippen LogP) is 1.63. The van der Waals surface area contributed by atoms with Gasteiger partial charge in [0, 0.05) is 19.1 Å². The van der Waals surface area contributed by atoms with E-state index in [0.29, 0.717) is 13.1 Å². The first-order valence-corrected chi connectivity index (χ1v) is 5.47. The van der Waals surface area contributed by atoms with Crippen molar-refractivity contribution in [3.05, 3.63) is 29.3 Å². The van der Waals surface area contributed by atoms with Gasteiger partial charge in [-0.05, 0) is 25.6 Å². The van der Waals surface area contributed by atoms with Crippen LogP contribution in [0.15, 0.2) is 12.1 Å². The summed E-state index contributed by atoms with van der Waals surface area (Å²) >= 11 is 0. The predicted molar refractivity (Wildman–Crippen MR) is 60.8 cm³/mol. The monoisotopic (exact) mass is 237 g/mol. The molecule has 1 fully saturated rings. The molecule has 1 saturated heterocycles. The molecule has 0 amide bonds. The Morgan fingerprint density at radius 2 is 2.06 bits per heavy atom. The van der Waals surface area contributed by atoms with Gasteiger partial charge < -0.3 is 10.2 Å². The molecule has 17 heavy (non-hydrogen) atoms. The average Bonchev–Trinajstić information content (AvgIpc) is 2.76. The minimum absolute atomic E-state index is 0.00751. The molecular weight excluding hydrogens is 224 g/mol. The molecule has 0 aromatic heterocycles. The average molecular weight is 237 g/mol. The number of likely N-dealkylation sites (N-methyl/N-ethyl adjacent to an activating group) is 1. The highest BCUT2D eigenvalue weighted by Crippen LogP contribution is 2.27. The minimum Gasteiger partial charge on any atom is -0.365 e. The summed E-state index contributed by atoms with van der Waals surface area (Å²) in [7, 11) is 1.83. The first kappa shape index (κ1) is 11.8. The summed E-state index contributed by atoms with van der Waals surface area (Å²) in [6.07, 6.45) is 0.857. The van der Waals surface area contributed by atoms with E-state index in [4.69, 9.17) is 5.26 Å². The van der Waals surface area contributed by atoms with Crippen molar-refractivity contribution in [3.8, 4) is 6.07 Å². The number of nitriles is 1. The Labute approximate surface area is 98.6 Å². The normalized spacial score (nSPS) is 19.4. The summed E-state index contributed by atoms with van der Waals surface area (Å²) in [6, 6.07) is 4.14.